The van der Waals surface area contributed by atoms with E-state index in [1.165, 1.54) is 10.7 Å². The van der Waals surface area contributed by atoms with Gasteiger partial charge in [-0.2, -0.15) is 5.10 Å². The maximum atomic E-state index is 12.3. The van der Waals surface area contributed by atoms with Crippen molar-refractivity contribution in [2.75, 3.05) is 11.9 Å². The zero-order valence-electron chi connectivity index (χ0n) is 14.8. The van der Waals surface area contributed by atoms with Crippen molar-refractivity contribution in [1.82, 2.24) is 15.1 Å². The van der Waals surface area contributed by atoms with E-state index in [0.717, 1.165) is 5.56 Å². The average molecular weight is 364 g/mol. The molecule has 27 heavy (non-hydrogen) atoms. The van der Waals surface area contributed by atoms with Gasteiger partial charge in [0.2, 0.25) is 0 Å². The van der Waals surface area contributed by atoms with Gasteiger partial charge in [-0.15, -0.1) is 0 Å². The lowest BCUT2D eigenvalue weighted by molar-refractivity contribution is 0.0910. The van der Waals surface area contributed by atoms with Gasteiger partial charge in [-0.1, -0.05) is 48.5 Å². The zero-order chi connectivity index (χ0) is 19.2. The molecule has 0 bridgehead atoms. The number of nitrogens with zero attached hydrogens (tertiary/aromatic N) is 2. The van der Waals surface area contributed by atoms with Gasteiger partial charge in [0, 0.05) is 25.2 Å². The molecule has 0 spiro atoms. The molecular formula is C20H20N4O3. The van der Waals surface area contributed by atoms with E-state index in [-0.39, 0.29) is 18.1 Å². The number of aromatic nitrogens is 2. The summed E-state index contributed by atoms with van der Waals surface area (Å²) in [6.07, 6.45) is -0.809. The number of amides is 2. The van der Waals surface area contributed by atoms with Gasteiger partial charge < -0.3 is 15.7 Å². The quantitative estimate of drug-likeness (QED) is 0.624. The Balaban J connectivity index is 1.61. The predicted octanol–water partition coefficient (Wildman–Crippen LogP) is 2.14. The largest absolute Gasteiger partial charge is 0.387 e. The summed E-state index contributed by atoms with van der Waals surface area (Å²) in [6, 6.07) is 19.3. The summed E-state index contributed by atoms with van der Waals surface area (Å²) in [5.41, 5.74) is 1.38. The maximum absolute atomic E-state index is 12.3. The Bertz CT molecular complexity index is 923. The van der Waals surface area contributed by atoms with E-state index in [0.29, 0.717) is 11.4 Å². The van der Waals surface area contributed by atoms with E-state index in [9.17, 15) is 14.7 Å². The van der Waals surface area contributed by atoms with Gasteiger partial charge in [-0.25, -0.2) is 0 Å². The highest BCUT2D eigenvalue weighted by atomic mass is 16.3. The number of anilines is 1. The van der Waals surface area contributed by atoms with E-state index >= 15 is 0 Å². The number of nitrogens with one attached hydrogen (secondary N) is 2. The van der Waals surface area contributed by atoms with Crippen molar-refractivity contribution in [1.29, 1.82) is 0 Å². The van der Waals surface area contributed by atoms with Gasteiger partial charge in [0.05, 0.1) is 6.10 Å². The Hall–Kier alpha value is -3.45. The fraction of sp³-hybridized carbons (Fsp3) is 0.150. The molecule has 0 aliphatic carbocycles. The standard InChI is InChI=1S/C20H20N4O3/c1-24-18(22-19(26)15-10-6-3-7-11-15)12-16(23-24)20(27)21-13-17(25)14-8-4-2-5-9-14/h2-12,17,25H,13H2,1H3,(H,21,27)(H,22,26). The molecule has 0 aliphatic rings. The second-order valence-electron chi connectivity index (χ2n) is 6.00. The number of aliphatic hydroxyl groups is 1. The Morgan fingerprint density at radius 1 is 1.04 bits per heavy atom. The van der Waals surface area contributed by atoms with Crippen LogP contribution in [0.15, 0.2) is 66.7 Å². The van der Waals surface area contributed by atoms with Crippen LogP contribution in [0.2, 0.25) is 0 Å². The first-order chi connectivity index (χ1) is 13.0. The fourth-order valence-corrected chi connectivity index (χ4v) is 2.55. The van der Waals surface area contributed by atoms with Crippen LogP contribution in [0.3, 0.4) is 0 Å². The van der Waals surface area contributed by atoms with Crippen molar-refractivity contribution in [3.63, 3.8) is 0 Å². The van der Waals surface area contributed by atoms with E-state index in [1.54, 1.807) is 43.4 Å². The lowest BCUT2D eigenvalue weighted by Crippen LogP contribution is -2.28. The highest BCUT2D eigenvalue weighted by Gasteiger charge is 2.16. The Labute approximate surface area is 156 Å². The number of carbonyl (C=O) groups is 2. The zero-order valence-corrected chi connectivity index (χ0v) is 14.8. The van der Waals surface area contributed by atoms with E-state index < -0.39 is 12.0 Å². The van der Waals surface area contributed by atoms with Crippen LogP contribution >= 0.6 is 0 Å². The lowest BCUT2D eigenvalue weighted by Gasteiger charge is -2.11. The van der Waals surface area contributed by atoms with Crippen molar-refractivity contribution >= 4 is 17.6 Å². The average Bonchev–Trinajstić information content (AvgIpc) is 3.07. The third-order valence-corrected chi connectivity index (χ3v) is 4.03. The van der Waals surface area contributed by atoms with Crippen molar-refractivity contribution in [3.8, 4) is 0 Å². The van der Waals surface area contributed by atoms with Gasteiger partial charge in [-0.3, -0.25) is 14.3 Å². The topological polar surface area (TPSA) is 96.2 Å². The Kier molecular flexibility index (Phi) is 5.63. The monoisotopic (exact) mass is 364 g/mol. The third kappa shape index (κ3) is 4.59. The van der Waals surface area contributed by atoms with Crippen LogP contribution < -0.4 is 10.6 Å². The first-order valence-electron chi connectivity index (χ1n) is 8.46. The third-order valence-electron chi connectivity index (χ3n) is 4.03. The molecule has 0 saturated heterocycles. The summed E-state index contributed by atoms with van der Waals surface area (Å²) < 4.78 is 1.42. The molecule has 3 aromatic rings. The molecule has 2 amide bonds. The summed E-state index contributed by atoms with van der Waals surface area (Å²) in [5, 5.41) is 19.6. The summed E-state index contributed by atoms with van der Waals surface area (Å²) in [6.45, 7) is 0.0606. The maximum Gasteiger partial charge on any atom is 0.271 e. The van der Waals surface area contributed by atoms with Crippen molar-refractivity contribution in [3.05, 3.63) is 83.6 Å². The van der Waals surface area contributed by atoms with E-state index in [4.69, 9.17) is 0 Å². The minimum absolute atomic E-state index is 0.0606. The van der Waals surface area contributed by atoms with Crippen LogP contribution in [0, 0.1) is 0 Å². The number of rotatable bonds is 6. The Morgan fingerprint density at radius 2 is 1.67 bits per heavy atom. The summed E-state index contributed by atoms with van der Waals surface area (Å²) >= 11 is 0. The van der Waals surface area contributed by atoms with Crippen LogP contribution in [0.5, 0.6) is 0 Å². The molecule has 1 heterocycles. The van der Waals surface area contributed by atoms with E-state index in [2.05, 4.69) is 15.7 Å². The number of carbonyl (C=O) groups excluding carboxylic acids is 2. The molecule has 0 aliphatic heterocycles. The smallest absolute Gasteiger partial charge is 0.271 e. The second kappa shape index (κ2) is 8.29. The van der Waals surface area contributed by atoms with Crippen LogP contribution in [0.25, 0.3) is 0 Å². The molecule has 3 rings (SSSR count). The molecule has 0 fully saturated rings. The summed E-state index contributed by atoms with van der Waals surface area (Å²) in [7, 11) is 1.64. The van der Waals surface area contributed by atoms with Crippen LogP contribution in [-0.2, 0) is 7.05 Å². The predicted molar refractivity (Wildman–Crippen MR) is 101 cm³/mol. The molecule has 2 aromatic carbocycles. The van der Waals surface area contributed by atoms with Crippen molar-refractivity contribution < 1.29 is 14.7 Å². The molecule has 7 heteroatoms. The Morgan fingerprint density at radius 3 is 2.33 bits per heavy atom. The minimum atomic E-state index is -0.809. The SMILES string of the molecule is Cn1nc(C(=O)NCC(O)c2ccccc2)cc1NC(=O)c1ccccc1. The molecule has 3 N–H and O–H groups in total. The van der Waals surface area contributed by atoms with Crippen LogP contribution in [-0.4, -0.2) is 33.2 Å². The lowest BCUT2D eigenvalue weighted by atomic mass is 10.1. The van der Waals surface area contributed by atoms with Gasteiger partial charge in [0.25, 0.3) is 11.8 Å². The molecule has 1 atom stereocenters. The number of aliphatic hydroxyl groups excluding tert-OH is 1. The normalized spacial score (nSPS) is 11.6. The van der Waals surface area contributed by atoms with Crippen molar-refractivity contribution in [2.45, 2.75) is 6.10 Å². The highest BCUT2D eigenvalue weighted by Crippen LogP contribution is 2.13. The fourth-order valence-electron chi connectivity index (χ4n) is 2.55. The van der Waals surface area contributed by atoms with Crippen molar-refractivity contribution in [2.24, 2.45) is 7.05 Å². The van der Waals surface area contributed by atoms with Gasteiger partial charge in [0.15, 0.2) is 5.69 Å². The number of hydrogen-bond acceptors (Lipinski definition) is 4. The molecular weight excluding hydrogens is 344 g/mol. The van der Waals surface area contributed by atoms with E-state index in [1.807, 2.05) is 24.3 Å². The van der Waals surface area contributed by atoms with Gasteiger partial charge >= 0.3 is 0 Å². The summed E-state index contributed by atoms with van der Waals surface area (Å²) in [4.78, 5) is 24.5. The van der Waals surface area contributed by atoms with Crippen LogP contribution in [0.1, 0.15) is 32.5 Å². The number of benzene rings is 2. The molecule has 1 aromatic heterocycles. The van der Waals surface area contributed by atoms with Gasteiger partial charge in [-0.05, 0) is 17.7 Å². The number of aryl methyl sites for hydroxylation is 1. The van der Waals surface area contributed by atoms with Crippen LogP contribution in [0.4, 0.5) is 5.82 Å². The summed E-state index contributed by atoms with van der Waals surface area (Å²) in [5.74, 6) is -0.316. The molecule has 7 nitrogen and oxygen atoms in total. The highest BCUT2D eigenvalue weighted by molar-refractivity contribution is 6.04. The molecule has 138 valence electrons. The number of hydrogen-bond donors (Lipinski definition) is 3. The van der Waals surface area contributed by atoms with Gasteiger partial charge in [0.1, 0.15) is 5.82 Å². The minimum Gasteiger partial charge on any atom is -0.387 e. The molecule has 1 unspecified atom stereocenters. The molecule has 0 radical (unpaired) electrons. The first kappa shape index (κ1) is 18.3. The molecule has 0 saturated carbocycles. The first-order valence-corrected chi connectivity index (χ1v) is 8.46. The second-order valence-corrected chi connectivity index (χ2v) is 6.00.